The highest BCUT2D eigenvalue weighted by molar-refractivity contribution is 8.02. The zero-order chi connectivity index (χ0) is 17.8. The van der Waals surface area contributed by atoms with Crippen molar-refractivity contribution in [3.8, 4) is 5.75 Å². The van der Waals surface area contributed by atoms with E-state index in [9.17, 15) is 13.2 Å². The molecule has 2 aromatic heterocycles. The number of hydrogen-bond donors (Lipinski definition) is 0. The summed E-state index contributed by atoms with van der Waals surface area (Å²) in [4.78, 5) is 4.55. The molecule has 5 nitrogen and oxygen atoms in total. The number of ether oxygens (including phenoxy) is 1. The molecule has 25 heavy (non-hydrogen) atoms. The summed E-state index contributed by atoms with van der Waals surface area (Å²) in [6.07, 6.45) is -1.70. The first kappa shape index (κ1) is 16.2. The standard InChI is InChI=1S/C16H13F3N4OS/c1-8-14-22-21-13-10(6-9(16(17,18)19)7-11(13)24-2)23(14)15(20-8)12-4-3-5-25-12/h3,5-7,12H,4H2,1-2H3. The molecule has 4 rings (SSSR count). The van der Waals surface area contributed by atoms with Crippen LogP contribution in [0.1, 0.15) is 28.8 Å². The molecule has 3 aromatic rings. The first-order valence-electron chi connectivity index (χ1n) is 7.51. The maximum Gasteiger partial charge on any atom is 0.416 e. The summed E-state index contributed by atoms with van der Waals surface area (Å²) in [7, 11) is 1.32. The van der Waals surface area contributed by atoms with Crippen molar-refractivity contribution < 1.29 is 17.9 Å². The van der Waals surface area contributed by atoms with Crippen molar-refractivity contribution in [2.24, 2.45) is 0 Å². The van der Waals surface area contributed by atoms with Crippen molar-refractivity contribution in [1.29, 1.82) is 0 Å². The molecular weight excluding hydrogens is 353 g/mol. The maximum absolute atomic E-state index is 13.3. The smallest absolute Gasteiger partial charge is 0.416 e. The van der Waals surface area contributed by atoms with Crippen LogP contribution in [-0.2, 0) is 6.18 Å². The van der Waals surface area contributed by atoms with Crippen molar-refractivity contribution in [1.82, 2.24) is 19.6 Å². The summed E-state index contributed by atoms with van der Waals surface area (Å²) in [6, 6.07) is 2.02. The molecule has 1 aliphatic heterocycles. The van der Waals surface area contributed by atoms with E-state index in [4.69, 9.17) is 4.74 Å². The molecule has 130 valence electrons. The van der Waals surface area contributed by atoms with Gasteiger partial charge in [-0.05, 0) is 30.9 Å². The Bertz CT molecular complexity index is 1000. The number of benzene rings is 1. The van der Waals surface area contributed by atoms with E-state index in [2.05, 4.69) is 15.2 Å². The van der Waals surface area contributed by atoms with Gasteiger partial charge in [-0.3, -0.25) is 4.40 Å². The van der Waals surface area contributed by atoms with Crippen LogP contribution in [0.15, 0.2) is 23.6 Å². The Kier molecular flexibility index (Phi) is 3.64. The van der Waals surface area contributed by atoms with E-state index in [1.807, 2.05) is 11.5 Å². The van der Waals surface area contributed by atoms with Gasteiger partial charge in [0, 0.05) is 0 Å². The van der Waals surface area contributed by atoms with Crippen LogP contribution in [-0.4, -0.2) is 26.7 Å². The van der Waals surface area contributed by atoms with Gasteiger partial charge in [-0.1, -0.05) is 6.08 Å². The van der Waals surface area contributed by atoms with Gasteiger partial charge >= 0.3 is 6.18 Å². The number of rotatable bonds is 2. The van der Waals surface area contributed by atoms with Crippen LogP contribution in [0.25, 0.3) is 16.7 Å². The predicted octanol–water partition coefficient (Wildman–Crippen LogP) is 4.31. The number of nitrogens with zero attached hydrogens (tertiary/aromatic N) is 4. The third kappa shape index (κ3) is 2.53. The third-order valence-electron chi connectivity index (χ3n) is 4.11. The van der Waals surface area contributed by atoms with E-state index in [1.54, 1.807) is 23.1 Å². The minimum absolute atomic E-state index is 0.0359. The van der Waals surface area contributed by atoms with Crippen molar-refractivity contribution in [3.05, 3.63) is 40.7 Å². The molecule has 0 saturated heterocycles. The molecule has 0 saturated carbocycles. The summed E-state index contributed by atoms with van der Waals surface area (Å²) in [5.41, 5.74) is 0.864. The molecule has 0 aliphatic carbocycles. The summed E-state index contributed by atoms with van der Waals surface area (Å²) in [6.45, 7) is 1.78. The number of fused-ring (bicyclic) bond motifs is 3. The average molecular weight is 366 g/mol. The fraction of sp³-hybridized carbons (Fsp3) is 0.312. The summed E-state index contributed by atoms with van der Waals surface area (Å²) < 4.78 is 46.7. The average Bonchev–Trinajstić information content (AvgIpc) is 3.21. The Hall–Kier alpha value is -2.29. The van der Waals surface area contributed by atoms with Gasteiger partial charge in [0.15, 0.2) is 11.2 Å². The minimum atomic E-state index is -4.49. The van der Waals surface area contributed by atoms with Gasteiger partial charge in [-0.25, -0.2) is 4.98 Å². The zero-order valence-corrected chi connectivity index (χ0v) is 14.1. The quantitative estimate of drug-likeness (QED) is 0.677. The predicted molar refractivity (Wildman–Crippen MR) is 88.7 cm³/mol. The molecule has 1 aliphatic rings. The van der Waals surface area contributed by atoms with Crippen LogP contribution in [0.4, 0.5) is 13.2 Å². The maximum atomic E-state index is 13.3. The molecule has 3 heterocycles. The normalized spacial score (nSPS) is 17.7. The van der Waals surface area contributed by atoms with Gasteiger partial charge in [0.25, 0.3) is 0 Å². The highest BCUT2D eigenvalue weighted by atomic mass is 32.2. The molecule has 0 spiro atoms. The lowest BCUT2D eigenvalue weighted by Crippen LogP contribution is -2.08. The molecule has 0 N–H and O–H groups in total. The molecule has 0 bridgehead atoms. The number of allylic oxidation sites excluding steroid dienone is 1. The van der Waals surface area contributed by atoms with Crippen LogP contribution in [0.2, 0.25) is 0 Å². The minimum Gasteiger partial charge on any atom is -0.494 e. The van der Waals surface area contributed by atoms with Gasteiger partial charge in [-0.15, -0.1) is 22.0 Å². The van der Waals surface area contributed by atoms with Crippen LogP contribution in [0, 0.1) is 6.92 Å². The van der Waals surface area contributed by atoms with Crippen LogP contribution >= 0.6 is 11.8 Å². The second-order valence-electron chi connectivity index (χ2n) is 5.69. The molecule has 1 aromatic carbocycles. The lowest BCUT2D eigenvalue weighted by atomic mass is 10.1. The van der Waals surface area contributed by atoms with Gasteiger partial charge < -0.3 is 4.74 Å². The number of aromatic nitrogens is 4. The first-order valence-corrected chi connectivity index (χ1v) is 8.45. The van der Waals surface area contributed by atoms with E-state index in [0.29, 0.717) is 22.7 Å². The number of imidazole rings is 1. The number of halogens is 3. The number of aryl methyl sites for hydroxylation is 1. The largest absolute Gasteiger partial charge is 0.494 e. The fourth-order valence-corrected chi connectivity index (χ4v) is 3.86. The van der Waals surface area contributed by atoms with Crippen molar-refractivity contribution >= 4 is 28.4 Å². The second-order valence-corrected chi connectivity index (χ2v) is 6.80. The monoisotopic (exact) mass is 366 g/mol. The Labute approximate surface area is 144 Å². The molecule has 0 radical (unpaired) electrons. The van der Waals surface area contributed by atoms with Gasteiger partial charge in [-0.2, -0.15) is 13.2 Å². The van der Waals surface area contributed by atoms with Gasteiger partial charge in [0.2, 0.25) is 0 Å². The van der Waals surface area contributed by atoms with E-state index >= 15 is 0 Å². The highest BCUT2D eigenvalue weighted by Gasteiger charge is 2.33. The number of alkyl halides is 3. The first-order chi connectivity index (χ1) is 11.9. The van der Waals surface area contributed by atoms with E-state index < -0.39 is 11.7 Å². The van der Waals surface area contributed by atoms with Gasteiger partial charge in [0.05, 0.1) is 29.1 Å². The number of hydrogen-bond acceptors (Lipinski definition) is 5. The Balaban J connectivity index is 2.10. The Morgan fingerprint density at radius 3 is 2.72 bits per heavy atom. The molecule has 9 heteroatoms. The van der Waals surface area contributed by atoms with Crippen LogP contribution < -0.4 is 4.74 Å². The van der Waals surface area contributed by atoms with Crippen LogP contribution in [0.3, 0.4) is 0 Å². The van der Waals surface area contributed by atoms with E-state index in [-0.39, 0.29) is 16.5 Å². The lowest BCUT2D eigenvalue weighted by Gasteiger charge is -2.14. The topological polar surface area (TPSA) is 52.3 Å². The van der Waals surface area contributed by atoms with E-state index in [0.717, 1.165) is 18.6 Å². The summed E-state index contributed by atoms with van der Waals surface area (Å²) >= 11 is 1.59. The SMILES string of the molecule is COc1cc(C(F)(F)F)cc2c1nnc1c(C)nc(C3CC=CS3)n12. The number of methoxy groups -OCH3 is 1. The zero-order valence-electron chi connectivity index (χ0n) is 13.3. The summed E-state index contributed by atoms with van der Waals surface area (Å²) in [5, 5.41) is 10.2. The van der Waals surface area contributed by atoms with Crippen molar-refractivity contribution in [3.63, 3.8) is 0 Å². The fourth-order valence-electron chi connectivity index (χ4n) is 2.94. The van der Waals surface area contributed by atoms with Crippen molar-refractivity contribution in [2.75, 3.05) is 7.11 Å². The molecule has 0 fully saturated rings. The van der Waals surface area contributed by atoms with Crippen molar-refractivity contribution in [2.45, 2.75) is 24.8 Å². The molecule has 0 amide bonds. The molecule has 1 atom stereocenters. The lowest BCUT2D eigenvalue weighted by molar-refractivity contribution is -0.137. The Morgan fingerprint density at radius 1 is 1.28 bits per heavy atom. The Morgan fingerprint density at radius 2 is 2.08 bits per heavy atom. The second kappa shape index (κ2) is 5.62. The number of thioether (sulfide) groups is 1. The van der Waals surface area contributed by atoms with E-state index in [1.165, 1.54) is 7.11 Å². The summed E-state index contributed by atoms with van der Waals surface area (Å²) in [5.74, 6) is 0.706. The third-order valence-corrected chi connectivity index (χ3v) is 5.19. The molecular formula is C16H13F3N4OS. The highest BCUT2D eigenvalue weighted by Crippen LogP contribution is 2.40. The van der Waals surface area contributed by atoms with Gasteiger partial charge in [0.1, 0.15) is 11.6 Å². The molecule has 1 unspecified atom stereocenters. The van der Waals surface area contributed by atoms with Crippen LogP contribution in [0.5, 0.6) is 5.75 Å².